The molecule has 0 spiro atoms. The van der Waals surface area contributed by atoms with Gasteiger partial charge in [0.25, 0.3) is 0 Å². The van der Waals surface area contributed by atoms with Crippen molar-refractivity contribution in [3.8, 4) is 0 Å². The third kappa shape index (κ3) is 6.53. The summed E-state index contributed by atoms with van der Waals surface area (Å²) in [6, 6.07) is 0.468. The van der Waals surface area contributed by atoms with Crippen molar-refractivity contribution < 1.29 is 13.9 Å². The molecule has 0 saturated heterocycles. The van der Waals surface area contributed by atoms with Crippen molar-refractivity contribution in [2.24, 2.45) is 0 Å². The second-order valence-corrected chi connectivity index (χ2v) is 3.80. The molecule has 0 aliphatic rings. The zero-order chi connectivity index (χ0) is 13.1. The van der Waals surface area contributed by atoms with E-state index in [0.29, 0.717) is 25.1 Å². The van der Waals surface area contributed by atoms with E-state index in [2.05, 4.69) is 20.8 Å². The Hall–Kier alpha value is -1.18. The molecule has 1 heterocycles. The van der Waals surface area contributed by atoms with Gasteiger partial charge in [0.15, 0.2) is 0 Å². The standard InChI is InChI=1S/C11H22N4O3/c1-16-7-4-3-5-13-11-15-14-10(18-11)9-12-6-8-17-2/h12H,3-9H2,1-2H3,(H,13,15). The van der Waals surface area contributed by atoms with Crippen LogP contribution in [0.4, 0.5) is 6.01 Å². The molecular weight excluding hydrogens is 236 g/mol. The quantitative estimate of drug-likeness (QED) is 0.564. The Balaban J connectivity index is 2.10. The van der Waals surface area contributed by atoms with Gasteiger partial charge in [0, 0.05) is 33.9 Å². The van der Waals surface area contributed by atoms with E-state index in [9.17, 15) is 0 Å². The van der Waals surface area contributed by atoms with Crippen LogP contribution in [0.2, 0.25) is 0 Å². The number of anilines is 1. The zero-order valence-electron chi connectivity index (χ0n) is 11.1. The molecule has 7 nitrogen and oxygen atoms in total. The lowest BCUT2D eigenvalue weighted by Crippen LogP contribution is -2.18. The van der Waals surface area contributed by atoms with Crippen LogP contribution in [0.1, 0.15) is 18.7 Å². The highest BCUT2D eigenvalue weighted by atomic mass is 16.5. The van der Waals surface area contributed by atoms with E-state index >= 15 is 0 Å². The van der Waals surface area contributed by atoms with Gasteiger partial charge < -0.3 is 24.5 Å². The summed E-state index contributed by atoms with van der Waals surface area (Å²) < 4.78 is 15.3. The van der Waals surface area contributed by atoms with Gasteiger partial charge >= 0.3 is 6.01 Å². The summed E-state index contributed by atoms with van der Waals surface area (Å²) in [5.41, 5.74) is 0. The van der Waals surface area contributed by atoms with E-state index in [1.54, 1.807) is 14.2 Å². The lowest BCUT2D eigenvalue weighted by atomic mass is 10.3. The Bertz CT molecular complexity index is 306. The monoisotopic (exact) mass is 258 g/mol. The van der Waals surface area contributed by atoms with Crippen LogP contribution < -0.4 is 10.6 Å². The van der Waals surface area contributed by atoms with Crippen LogP contribution in [-0.4, -0.2) is 50.7 Å². The van der Waals surface area contributed by atoms with Gasteiger partial charge in [-0.25, -0.2) is 0 Å². The Morgan fingerprint density at radius 1 is 1.06 bits per heavy atom. The predicted molar refractivity (Wildman–Crippen MR) is 67.5 cm³/mol. The summed E-state index contributed by atoms with van der Waals surface area (Å²) in [5.74, 6) is 0.575. The van der Waals surface area contributed by atoms with Crippen LogP contribution in [-0.2, 0) is 16.0 Å². The Kier molecular flexibility index (Phi) is 8.11. The molecule has 0 aliphatic heterocycles. The van der Waals surface area contributed by atoms with E-state index in [1.807, 2.05) is 0 Å². The third-order valence-corrected chi connectivity index (χ3v) is 2.28. The second kappa shape index (κ2) is 9.81. The van der Waals surface area contributed by atoms with E-state index in [4.69, 9.17) is 13.9 Å². The first-order chi connectivity index (χ1) is 8.86. The van der Waals surface area contributed by atoms with E-state index in [0.717, 1.165) is 32.5 Å². The minimum Gasteiger partial charge on any atom is -0.407 e. The van der Waals surface area contributed by atoms with Crippen molar-refractivity contribution in [2.75, 3.05) is 45.8 Å². The van der Waals surface area contributed by atoms with Gasteiger partial charge in [0.1, 0.15) is 0 Å². The highest BCUT2D eigenvalue weighted by molar-refractivity contribution is 5.16. The fourth-order valence-electron chi connectivity index (χ4n) is 1.33. The highest BCUT2D eigenvalue weighted by Gasteiger charge is 2.04. The first-order valence-electron chi connectivity index (χ1n) is 6.11. The minimum atomic E-state index is 0.468. The van der Waals surface area contributed by atoms with Crippen molar-refractivity contribution in [3.05, 3.63) is 5.89 Å². The molecule has 0 aliphatic carbocycles. The van der Waals surface area contributed by atoms with Crippen molar-refractivity contribution in [1.29, 1.82) is 0 Å². The molecule has 1 aromatic heterocycles. The molecule has 0 aromatic carbocycles. The molecule has 0 atom stereocenters. The summed E-state index contributed by atoms with van der Waals surface area (Å²) in [6.45, 7) is 3.57. The number of hydrogen-bond donors (Lipinski definition) is 2. The number of nitrogens with zero attached hydrogens (tertiary/aromatic N) is 2. The van der Waals surface area contributed by atoms with Gasteiger partial charge in [-0.2, -0.15) is 0 Å². The second-order valence-electron chi connectivity index (χ2n) is 3.80. The SMILES string of the molecule is COCCCCNc1nnc(CNCCOC)o1. The lowest BCUT2D eigenvalue weighted by molar-refractivity contribution is 0.193. The first kappa shape index (κ1) is 14.9. The predicted octanol–water partition coefficient (Wildman–Crippen LogP) is 0.644. The van der Waals surface area contributed by atoms with Gasteiger partial charge in [-0.15, -0.1) is 5.10 Å². The maximum Gasteiger partial charge on any atom is 0.315 e. The molecule has 0 amide bonds. The summed E-state index contributed by atoms with van der Waals surface area (Å²) >= 11 is 0. The van der Waals surface area contributed by atoms with Crippen LogP contribution in [0.5, 0.6) is 0 Å². The van der Waals surface area contributed by atoms with Crippen LogP contribution in [0.25, 0.3) is 0 Å². The minimum absolute atomic E-state index is 0.468. The molecule has 7 heteroatoms. The average molecular weight is 258 g/mol. The van der Waals surface area contributed by atoms with Crippen LogP contribution in [0.15, 0.2) is 4.42 Å². The summed E-state index contributed by atoms with van der Waals surface area (Å²) in [4.78, 5) is 0. The van der Waals surface area contributed by atoms with E-state index in [1.165, 1.54) is 0 Å². The topological polar surface area (TPSA) is 81.4 Å². The smallest absolute Gasteiger partial charge is 0.315 e. The first-order valence-corrected chi connectivity index (χ1v) is 6.11. The van der Waals surface area contributed by atoms with Crippen LogP contribution in [0.3, 0.4) is 0 Å². The molecule has 1 aromatic rings. The number of rotatable bonds is 11. The fraction of sp³-hybridized carbons (Fsp3) is 0.818. The summed E-state index contributed by atoms with van der Waals surface area (Å²) in [6.07, 6.45) is 2.03. The van der Waals surface area contributed by atoms with Crippen molar-refractivity contribution >= 4 is 6.01 Å². The maximum absolute atomic E-state index is 5.40. The molecule has 0 unspecified atom stereocenters. The molecule has 0 radical (unpaired) electrons. The Morgan fingerprint density at radius 3 is 2.67 bits per heavy atom. The van der Waals surface area contributed by atoms with Crippen molar-refractivity contribution in [3.63, 3.8) is 0 Å². The summed E-state index contributed by atoms with van der Waals surface area (Å²) in [7, 11) is 3.37. The molecule has 1 rings (SSSR count). The molecule has 18 heavy (non-hydrogen) atoms. The average Bonchev–Trinajstić information content (AvgIpc) is 2.82. The normalized spacial score (nSPS) is 10.8. The van der Waals surface area contributed by atoms with Gasteiger partial charge in [-0.3, -0.25) is 0 Å². The van der Waals surface area contributed by atoms with Crippen molar-refractivity contribution in [2.45, 2.75) is 19.4 Å². The Morgan fingerprint density at radius 2 is 1.89 bits per heavy atom. The fourth-order valence-corrected chi connectivity index (χ4v) is 1.33. The number of aromatic nitrogens is 2. The van der Waals surface area contributed by atoms with Crippen LogP contribution >= 0.6 is 0 Å². The van der Waals surface area contributed by atoms with Gasteiger partial charge in [0.05, 0.1) is 13.2 Å². The number of unbranched alkanes of at least 4 members (excludes halogenated alkanes) is 1. The number of nitrogens with one attached hydrogen (secondary N) is 2. The van der Waals surface area contributed by atoms with E-state index < -0.39 is 0 Å². The molecule has 0 saturated carbocycles. The molecule has 104 valence electrons. The number of ether oxygens (including phenoxy) is 2. The number of hydrogen-bond acceptors (Lipinski definition) is 7. The Labute approximate surface area is 107 Å². The van der Waals surface area contributed by atoms with Gasteiger partial charge in [0.2, 0.25) is 5.89 Å². The number of methoxy groups -OCH3 is 2. The lowest BCUT2D eigenvalue weighted by Gasteiger charge is -2.01. The zero-order valence-corrected chi connectivity index (χ0v) is 11.1. The maximum atomic E-state index is 5.40. The molecule has 2 N–H and O–H groups in total. The van der Waals surface area contributed by atoms with E-state index in [-0.39, 0.29) is 0 Å². The third-order valence-electron chi connectivity index (χ3n) is 2.28. The molecule has 0 fully saturated rings. The van der Waals surface area contributed by atoms with Crippen LogP contribution in [0, 0.1) is 0 Å². The largest absolute Gasteiger partial charge is 0.407 e. The highest BCUT2D eigenvalue weighted by Crippen LogP contribution is 2.05. The molecular formula is C11H22N4O3. The van der Waals surface area contributed by atoms with Gasteiger partial charge in [-0.1, -0.05) is 5.10 Å². The molecule has 0 bridgehead atoms. The summed E-state index contributed by atoms with van der Waals surface area (Å²) in [5, 5.41) is 14.0. The van der Waals surface area contributed by atoms with Gasteiger partial charge in [-0.05, 0) is 12.8 Å². The van der Waals surface area contributed by atoms with Crippen molar-refractivity contribution in [1.82, 2.24) is 15.5 Å².